The predicted octanol–water partition coefficient (Wildman–Crippen LogP) is 5.02. The molecule has 278 valence electrons. The van der Waals surface area contributed by atoms with Gasteiger partial charge in [0.25, 0.3) is 0 Å². The van der Waals surface area contributed by atoms with Crippen LogP contribution in [0.4, 0.5) is 0 Å². The number of carbonyl (C=O) groups excluding carboxylic acids is 4. The van der Waals surface area contributed by atoms with Gasteiger partial charge in [0.05, 0.1) is 38.2 Å². The van der Waals surface area contributed by atoms with Gasteiger partial charge in [-0.1, -0.05) is 49.9 Å². The molecule has 1 aromatic carbocycles. The Labute approximate surface area is 309 Å². The average molecular weight is 722 g/mol. The van der Waals surface area contributed by atoms with Crippen LogP contribution < -0.4 is 10.7 Å². The van der Waals surface area contributed by atoms with Crippen molar-refractivity contribution in [1.29, 1.82) is 0 Å². The first-order chi connectivity index (χ1) is 25.4. The molecule has 11 nitrogen and oxygen atoms in total. The van der Waals surface area contributed by atoms with E-state index >= 15 is 0 Å². The van der Waals surface area contributed by atoms with Gasteiger partial charge in [0.1, 0.15) is 5.76 Å². The van der Waals surface area contributed by atoms with E-state index in [4.69, 9.17) is 18.9 Å². The molecular formula is C42H47N3O8. The largest absolute Gasteiger partial charge is 0.469 e. The Morgan fingerprint density at radius 2 is 1.57 bits per heavy atom. The number of ether oxygens (including phenoxy) is 4. The van der Waals surface area contributed by atoms with Crippen molar-refractivity contribution in [2.75, 3.05) is 14.2 Å². The van der Waals surface area contributed by atoms with Crippen molar-refractivity contribution in [1.82, 2.24) is 9.97 Å². The number of carbonyl (C=O) groups is 4. The van der Waals surface area contributed by atoms with Crippen LogP contribution in [0.2, 0.25) is 0 Å². The van der Waals surface area contributed by atoms with Gasteiger partial charge in [-0.3, -0.25) is 14.4 Å². The number of hydrogen-bond donors (Lipinski definition) is 2. The topological polar surface area (TPSA) is 149 Å². The molecule has 0 saturated carbocycles. The normalized spacial score (nSPS) is 19.2. The van der Waals surface area contributed by atoms with Crippen LogP contribution in [0.5, 0.6) is 0 Å². The first kappa shape index (κ1) is 38.7. The molecule has 0 spiro atoms. The molecule has 0 aliphatic carbocycles. The van der Waals surface area contributed by atoms with Crippen molar-refractivity contribution in [3.8, 4) is 0 Å². The fourth-order valence-corrected chi connectivity index (χ4v) is 6.90. The van der Waals surface area contributed by atoms with Crippen molar-refractivity contribution >= 4 is 47.8 Å². The summed E-state index contributed by atoms with van der Waals surface area (Å²) in [6.45, 7) is 13.7. The Bertz CT molecular complexity index is 2150. The molecule has 53 heavy (non-hydrogen) atoms. The molecule has 0 radical (unpaired) electrons. The van der Waals surface area contributed by atoms with Crippen molar-refractivity contribution in [2.45, 2.75) is 73.0 Å². The molecule has 1 amide bonds. The standard InChI is InChI=1S/C42H47N3O8/c1-9-29-25(4)37(53-42(29)49)21-33-24(3)31(16-18-39(47)51-8)35(44-33)20-34-30(15-17-38(46)50-7)23(2)32(43-34)19-36-40(26(5)41(48)45-36)27(6)52-22-28-13-11-10-12-14-28/h9-14,19-21,26-27,40,43-44H,1,15-18,22H2,2-8H3/b32-19+,34-20+,37-21-/t26-,27+,40+/m1/s1. The molecule has 3 atom stereocenters. The van der Waals surface area contributed by atoms with Gasteiger partial charge in [-0.15, -0.1) is 0 Å². The molecule has 11 heteroatoms. The van der Waals surface area contributed by atoms with Gasteiger partial charge in [0.15, 0.2) is 0 Å². The third-order valence-corrected chi connectivity index (χ3v) is 10.1. The second-order valence-electron chi connectivity index (χ2n) is 13.4. The van der Waals surface area contributed by atoms with E-state index in [-0.39, 0.29) is 48.6 Å². The fraction of sp³-hybridized carbons (Fsp3) is 0.357. The summed E-state index contributed by atoms with van der Waals surface area (Å²) in [6, 6.07) is 9.88. The summed E-state index contributed by atoms with van der Waals surface area (Å²) in [5.41, 5.74) is 7.68. The van der Waals surface area contributed by atoms with E-state index in [1.807, 2.05) is 70.2 Å². The summed E-state index contributed by atoms with van der Waals surface area (Å²) in [5, 5.41) is 1.48. The van der Waals surface area contributed by atoms with Crippen LogP contribution in [0.15, 0.2) is 64.9 Å². The first-order valence-electron chi connectivity index (χ1n) is 17.7. The number of rotatable bonds is 14. The molecule has 0 saturated heterocycles. The highest BCUT2D eigenvalue weighted by molar-refractivity contribution is 6.20. The predicted molar refractivity (Wildman–Crippen MR) is 202 cm³/mol. The lowest BCUT2D eigenvalue weighted by Crippen LogP contribution is -2.31. The van der Waals surface area contributed by atoms with Gasteiger partial charge < -0.3 is 28.9 Å². The lowest BCUT2D eigenvalue weighted by Gasteiger charge is -2.23. The monoisotopic (exact) mass is 721 g/mol. The number of allylic oxidation sites excluding steroid dienone is 1. The van der Waals surface area contributed by atoms with E-state index in [9.17, 15) is 19.2 Å². The average Bonchev–Trinajstić information content (AvgIpc) is 3.80. The maximum atomic E-state index is 13.0. The smallest absolute Gasteiger partial charge is 0.343 e. The summed E-state index contributed by atoms with van der Waals surface area (Å²) >= 11 is 0. The Morgan fingerprint density at radius 1 is 0.906 bits per heavy atom. The molecule has 0 bridgehead atoms. The number of H-pyrrole nitrogens is 2. The molecule has 5 rings (SSSR count). The van der Waals surface area contributed by atoms with Crippen molar-refractivity contribution in [2.24, 2.45) is 16.8 Å². The number of nitrogens with zero attached hydrogens (tertiary/aromatic N) is 1. The third-order valence-electron chi connectivity index (χ3n) is 10.1. The number of cyclic esters (lactones) is 1. The van der Waals surface area contributed by atoms with Gasteiger partial charge in [-0.2, -0.15) is 0 Å². The van der Waals surface area contributed by atoms with Gasteiger partial charge >= 0.3 is 17.9 Å². The summed E-state index contributed by atoms with van der Waals surface area (Å²) in [6.07, 6.45) is 7.87. The van der Waals surface area contributed by atoms with Gasteiger partial charge in [-0.25, -0.2) is 9.79 Å². The number of aliphatic imine (C=N–C) groups is 1. The van der Waals surface area contributed by atoms with Crippen LogP contribution in [0, 0.1) is 25.7 Å². The van der Waals surface area contributed by atoms with Crippen molar-refractivity contribution in [3.63, 3.8) is 0 Å². The Balaban J connectivity index is 1.61. The van der Waals surface area contributed by atoms with Gasteiger partial charge in [0, 0.05) is 58.4 Å². The lowest BCUT2D eigenvalue weighted by molar-refractivity contribution is -0.141. The van der Waals surface area contributed by atoms with Gasteiger partial charge in [-0.05, 0) is 80.5 Å². The second-order valence-corrected chi connectivity index (χ2v) is 13.4. The lowest BCUT2D eigenvalue weighted by atomic mass is 9.87. The summed E-state index contributed by atoms with van der Waals surface area (Å²) in [4.78, 5) is 61.4. The van der Waals surface area contributed by atoms with E-state index in [2.05, 4.69) is 21.5 Å². The van der Waals surface area contributed by atoms with Crippen LogP contribution in [0.25, 0.3) is 18.2 Å². The molecule has 0 unspecified atom stereocenters. The molecule has 2 aliphatic rings. The second kappa shape index (κ2) is 16.9. The molecule has 3 aromatic rings. The number of aromatic nitrogens is 2. The minimum Gasteiger partial charge on any atom is -0.469 e. The maximum absolute atomic E-state index is 13.0. The number of aromatic amines is 2. The SMILES string of the molecule is C=CC1=C(C)/C(=C/c2[nH]c(/C=c3/[nH]/c(=C/C4=NC(=O)[C@H](C)[C@H]4[C@H](C)OCc4ccccc4)c(C)c3CCC(=O)OC)c(CCC(=O)OC)c2C)OC1=O. The van der Waals surface area contributed by atoms with Crippen LogP contribution >= 0.6 is 0 Å². The zero-order valence-corrected chi connectivity index (χ0v) is 31.4. The minimum absolute atomic E-state index is 0.149. The van der Waals surface area contributed by atoms with E-state index in [0.29, 0.717) is 47.8 Å². The quantitative estimate of drug-likeness (QED) is 0.174. The van der Waals surface area contributed by atoms with Crippen LogP contribution in [-0.2, 0) is 57.6 Å². The summed E-state index contributed by atoms with van der Waals surface area (Å²) in [5.74, 6) is -1.58. The van der Waals surface area contributed by atoms with E-state index in [1.54, 1.807) is 13.0 Å². The number of nitrogens with one attached hydrogen (secondary N) is 2. The van der Waals surface area contributed by atoms with E-state index in [0.717, 1.165) is 44.2 Å². The molecule has 4 heterocycles. The number of esters is 3. The Morgan fingerprint density at radius 3 is 2.19 bits per heavy atom. The molecule has 2 aromatic heterocycles. The Kier molecular flexibility index (Phi) is 12.3. The van der Waals surface area contributed by atoms with Crippen LogP contribution in [-0.4, -0.2) is 59.8 Å². The number of amides is 1. The van der Waals surface area contributed by atoms with Gasteiger partial charge in [0.2, 0.25) is 5.91 Å². The highest BCUT2D eigenvalue weighted by Gasteiger charge is 2.38. The minimum atomic E-state index is -0.464. The maximum Gasteiger partial charge on any atom is 0.343 e. The zero-order chi connectivity index (χ0) is 38.4. The molecule has 2 aliphatic heterocycles. The number of hydrogen-bond acceptors (Lipinski definition) is 8. The summed E-state index contributed by atoms with van der Waals surface area (Å²) < 4.78 is 21.7. The Hall–Kier alpha value is -5.55. The molecule has 0 fully saturated rings. The van der Waals surface area contributed by atoms with E-state index < -0.39 is 5.97 Å². The van der Waals surface area contributed by atoms with E-state index in [1.165, 1.54) is 20.3 Å². The van der Waals surface area contributed by atoms with Crippen LogP contribution in [0.1, 0.15) is 72.8 Å². The molecular weight excluding hydrogens is 674 g/mol. The molecule has 2 N–H and O–H groups in total. The van der Waals surface area contributed by atoms with Crippen molar-refractivity contribution in [3.05, 3.63) is 110 Å². The van der Waals surface area contributed by atoms with Crippen LogP contribution in [0.3, 0.4) is 0 Å². The van der Waals surface area contributed by atoms with Crippen molar-refractivity contribution < 1.29 is 38.1 Å². The summed E-state index contributed by atoms with van der Waals surface area (Å²) in [7, 11) is 2.71. The third kappa shape index (κ3) is 8.58. The zero-order valence-electron chi connectivity index (χ0n) is 31.4. The highest BCUT2D eigenvalue weighted by atomic mass is 16.5. The number of methoxy groups -OCH3 is 2. The first-order valence-corrected chi connectivity index (χ1v) is 17.7. The highest BCUT2D eigenvalue weighted by Crippen LogP contribution is 2.31. The number of benzene rings is 1. The fourth-order valence-electron chi connectivity index (χ4n) is 6.90.